The van der Waals surface area contributed by atoms with E-state index in [4.69, 9.17) is 0 Å². The van der Waals surface area contributed by atoms with Crippen LogP contribution in [0.5, 0.6) is 0 Å². The summed E-state index contributed by atoms with van der Waals surface area (Å²) < 4.78 is 39.8. The molecular weight excluding hydrogens is 385 g/mol. The van der Waals surface area contributed by atoms with E-state index in [2.05, 4.69) is 15.2 Å². The number of halogens is 3. The van der Waals surface area contributed by atoms with Crippen LogP contribution in [-0.2, 0) is 6.18 Å². The second-order valence-electron chi connectivity index (χ2n) is 6.57. The summed E-state index contributed by atoms with van der Waals surface area (Å²) in [7, 11) is 0. The number of piperazine rings is 1. The van der Waals surface area contributed by atoms with Crippen LogP contribution in [0.15, 0.2) is 55.1 Å². The van der Waals surface area contributed by atoms with Gasteiger partial charge in [0.25, 0.3) is 5.91 Å². The molecule has 3 heterocycles. The molecule has 0 atom stereocenters. The van der Waals surface area contributed by atoms with Crippen LogP contribution in [-0.4, -0.2) is 56.7 Å². The van der Waals surface area contributed by atoms with Crippen molar-refractivity contribution in [2.24, 2.45) is 0 Å². The number of amides is 1. The van der Waals surface area contributed by atoms with E-state index >= 15 is 0 Å². The van der Waals surface area contributed by atoms with Crippen molar-refractivity contribution < 1.29 is 18.0 Å². The van der Waals surface area contributed by atoms with Gasteiger partial charge < -0.3 is 9.80 Å². The van der Waals surface area contributed by atoms with Crippen molar-refractivity contribution in [3.8, 4) is 5.82 Å². The molecule has 7 nitrogen and oxygen atoms in total. The van der Waals surface area contributed by atoms with E-state index < -0.39 is 11.7 Å². The predicted molar refractivity (Wildman–Crippen MR) is 98.7 cm³/mol. The van der Waals surface area contributed by atoms with Gasteiger partial charge in [0.05, 0.1) is 5.56 Å². The molecule has 3 aromatic rings. The molecule has 1 fully saturated rings. The second kappa shape index (κ2) is 7.53. The first-order valence-corrected chi connectivity index (χ1v) is 8.95. The summed E-state index contributed by atoms with van der Waals surface area (Å²) in [5.74, 6) is 1.08. The van der Waals surface area contributed by atoms with Crippen molar-refractivity contribution in [2.75, 3.05) is 31.1 Å². The number of benzene rings is 1. The van der Waals surface area contributed by atoms with Crippen LogP contribution in [0.2, 0.25) is 0 Å². The first-order chi connectivity index (χ1) is 13.9. The van der Waals surface area contributed by atoms with Gasteiger partial charge in [-0.1, -0.05) is 0 Å². The maximum absolute atomic E-state index is 12.7. The average molecular weight is 402 g/mol. The van der Waals surface area contributed by atoms with Gasteiger partial charge >= 0.3 is 6.18 Å². The maximum atomic E-state index is 12.7. The number of carbonyl (C=O) groups excluding carboxylic acids is 1. The van der Waals surface area contributed by atoms with Crippen molar-refractivity contribution in [1.29, 1.82) is 0 Å². The van der Waals surface area contributed by atoms with Crippen molar-refractivity contribution in [1.82, 2.24) is 24.6 Å². The Morgan fingerprint density at radius 1 is 0.897 bits per heavy atom. The van der Waals surface area contributed by atoms with Crippen LogP contribution in [0.4, 0.5) is 19.0 Å². The van der Waals surface area contributed by atoms with E-state index in [1.54, 1.807) is 28.2 Å². The molecule has 0 spiro atoms. The Bertz CT molecular complexity index is 963. The zero-order chi connectivity index (χ0) is 20.4. The number of carbonyl (C=O) groups is 1. The van der Waals surface area contributed by atoms with E-state index in [1.807, 2.05) is 17.0 Å². The minimum absolute atomic E-state index is 0.246. The van der Waals surface area contributed by atoms with Crippen molar-refractivity contribution in [3.05, 3.63) is 66.2 Å². The molecule has 0 aliphatic carbocycles. The van der Waals surface area contributed by atoms with Gasteiger partial charge in [0.2, 0.25) is 0 Å². The summed E-state index contributed by atoms with van der Waals surface area (Å²) in [5.41, 5.74) is -0.521. The normalized spacial score (nSPS) is 14.9. The smallest absolute Gasteiger partial charge is 0.352 e. The highest BCUT2D eigenvalue weighted by molar-refractivity contribution is 5.94. The average Bonchev–Trinajstić information content (AvgIpc) is 3.28. The third kappa shape index (κ3) is 4.05. The minimum Gasteiger partial charge on any atom is -0.352 e. The fraction of sp³-hybridized carbons (Fsp3) is 0.263. The molecule has 29 heavy (non-hydrogen) atoms. The summed E-state index contributed by atoms with van der Waals surface area (Å²) in [6.45, 7) is 2.02. The van der Waals surface area contributed by atoms with Gasteiger partial charge in [-0.05, 0) is 36.4 Å². The lowest BCUT2D eigenvalue weighted by molar-refractivity contribution is -0.137. The molecule has 1 aliphatic rings. The Kier molecular flexibility index (Phi) is 4.91. The zero-order valence-corrected chi connectivity index (χ0v) is 15.3. The van der Waals surface area contributed by atoms with Crippen molar-refractivity contribution in [2.45, 2.75) is 6.18 Å². The molecule has 0 unspecified atom stereocenters. The van der Waals surface area contributed by atoms with Crippen LogP contribution in [0, 0.1) is 0 Å². The highest BCUT2D eigenvalue weighted by atomic mass is 19.4. The number of hydrogen-bond acceptors (Lipinski definition) is 5. The summed E-state index contributed by atoms with van der Waals surface area (Å²) >= 11 is 0. The topological polar surface area (TPSA) is 67.2 Å². The lowest BCUT2D eigenvalue weighted by atomic mass is 10.1. The quantitative estimate of drug-likeness (QED) is 0.674. The van der Waals surface area contributed by atoms with Gasteiger partial charge in [0, 0.05) is 44.1 Å². The molecule has 4 rings (SSSR count). The fourth-order valence-corrected chi connectivity index (χ4v) is 3.14. The standard InChI is InChI=1S/C19H17F3N6O/c20-19(21,22)15-3-1-14(2-4-15)18(29)27-11-9-26(10-12-27)16-5-6-17(25-24-16)28-8-7-23-13-28/h1-8,13H,9-12H2. The molecule has 1 aromatic carbocycles. The van der Waals surface area contributed by atoms with Crippen LogP contribution >= 0.6 is 0 Å². The van der Waals surface area contributed by atoms with Gasteiger partial charge in [-0.25, -0.2) is 4.98 Å². The Balaban J connectivity index is 1.37. The molecule has 0 bridgehead atoms. The Hall–Kier alpha value is -3.43. The molecule has 10 heteroatoms. The first kappa shape index (κ1) is 18.9. The maximum Gasteiger partial charge on any atom is 0.416 e. The van der Waals surface area contributed by atoms with Gasteiger partial charge in [-0.15, -0.1) is 10.2 Å². The van der Waals surface area contributed by atoms with Gasteiger partial charge in [0.15, 0.2) is 11.6 Å². The number of anilines is 1. The van der Waals surface area contributed by atoms with Crippen molar-refractivity contribution in [3.63, 3.8) is 0 Å². The van der Waals surface area contributed by atoms with E-state index in [1.165, 1.54) is 12.1 Å². The molecule has 0 saturated carbocycles. The Morgan fingerprint density at radius 3 is 2.10 bits per heavy atom. The van der Waals surface area contributed by atoms with Crippen LogP contribution < -0.4 is 4.90 Å². The van der Waals surface area contributed by atoms with E-state index in [9.17, 15) is 18.0 Å². The highest BCUT2D eigenvalue weighted by Gasteiger charge is 2.30. The van der Waals surface area contributed by atoms with E-state index in [0.717, 1.165) is 12.1 Å². The SMILES string of the molecule is O=C(c1ccc(C(F)(F)F)cc1)N1CCN(c2ccc(-n3ccnc3)nn2)CC1. The Labute approximate surface area is 164 Å². The largest absolute Gasteiger partial charge is 0.416 e. The summed E-state index contributed by atoms with van der Waals surface area (Å²) in [5, 5.41) is 8.42. The third-order valence-electron chi connectivity index (χ3n) is 4.76. The monoisotopic (exact) mass is 402 g/mol. The lowest BCUT2D eigenvalue weighted by Gasteiger charge is -2.35. The molecular formula is C19H17F3N6O. The number of rotatable bonds is 3. The summed E-state index contributed by atoms with van der Waals surface area (Å²) in [6.07, 6.45) is 0.648. The summed E-state index contributed by atoms with van der Waals surface area (Å²) in [4.78, 5) is 20.2. The molecule has 1 amide bonds. The molecule has 0 N–H and O–H groups in total. The number of aromatic nitrogens is 4. The molecule has 0 radical (unpaired) electrons. The van der Waals surface area contributed by atoms with Gasteiger partial charge in [-0.3, -0.25) is 9.36 Å². The predicted octanol–water partition coefficient (Wildman–Crippen LogP) is 2.64. The molecule has 150 valence electrons. The van der Waals surface area contributed by atoms with E-state index in [0.29, 0.717) is 37.8 Å². The van der Waals surface area contributed by atoms with Crippen molar-refractivity contribution >= 4 is 11.7 Å². The number of alkyl halides is 3. The van der Waals surface area contributed by atoms with Crippen LogP contribution in [0.1, 0.15) is 15.9 Å². The lowest BCUT2D eigenvalue weighted by Crippen LogP contribution is -2.49. The molecule has 2 aromatic heterocycles. The number of nitrogens with zero attached hydrogens (tertiary/aromatic N) is 6. The van der Waals surface area contributed by atoms with Gasteiger partial charge in [0.1, 0.15) is 6.33 Å². The summed E-state index contributed by atoms with van der Waals surface area (Å²) in [6, 6.07) is 8.00. The zero-order valence-electron chi connectivity index (χ0n) is 15.3. The second-order valence-corrected chi connectivity index (χ2v) is 6.57. The number of imidazole rings is 1. The highest BCUT2D eigenvalue weighted by Crippen LogP contribution is 2.29. The minimum atomic E-state index is -4.42. The fourth-order valence-electron chi connectivity index (χ4n) is 3.14. The molecule has 1 aliphatic heterocycles. The Morgan fingerprint density at radius 2 is 1.55 bits per heavy atom. The number of hydrogen-bond donors (Lipinski definition) is 0. The molecule has 1 saturated heterocycles. The third-order valence-corrected chi connectivity index (χ3v) is 4.76. The van der Waals surface area contributed by atoms with Crippen LogP contribution in [0.25, 0.3) is 5.82 Å². The van der Waals surface area contributed by atoms with Gasteiger partial charge in [-0.2, -0.15) is 13.2 Å². The van der Waals surface area contributed by atoms with Crippen LogP contribution in [0.3, 0.4) is 0 Å². The first-order valence-electron chi connectivity index (χ1n) is 8.95. The van der Waals surface area contributed by atoms with E-state index in [-0.39, 0.29) is 11.5 Å².